The molecule has 2 N–H and O–H groups in total. The normalized spacial score (nSPS) is 12.7. The van der Waals surface area contributed by atoms with E-state index in [2.05, 4.69) is 20.5 Å². The smallest absolute Gasteiger partial charge is 0.229 e. The van der Waals surface area contributed by atoms with Crippen molar-refractivity contribution in [2.24, 2.45) is 0 Å². The van der Waals surface area contributed by atoms with E-state index < -0.39 is 0 Å². The first-order valence-electron chi connectivity index (χ1n) is 9.67. The van der Waals surface area contributed by atoms with E-state index in [0.29, 0.717) is 19.2 Å². The molecule has 0 atom stereocenters. The minimum atomic E-state index is 0.524. The number of likely N-dealkylation sites (N-methyl/N-ethyl adjacent to an activating group) is 1. The summed E-state index contributed by atoms with van der Waals surface area (Å²) in [7, 11) is 4.10. The number of aromatic nitrogens is 2. The predicted octanol–water partition coefficient (Wildman–Crippen LogP) is 3.63. The van der Waals surface area contributed by atoms with Crippen molar-refractivity contribution in [3.05, 3.63) is 54.6 Å². The monoisotopic (exact) mass is 391 g/mol. The molecule has 3 aromatic rings. The highest BCUT2D eigenvalue weighted by Gasteiger charge is 2.13. The number of ether oxygens (including phenoxy) is 2. The molecule has 150 valence electrons. The second-order valence-electron chi connectivity index (χ2n) is 7.04. The van der Waals surface area contributed by atoms with Gasteiger partial charge >= 0.3 is 0 Å². The quantitative estimate of drug-likeness (QED) is 0.637. The first kappa shape index (κ1) is 19.0. The summed E-state index contributed by atoms with van der Waals surface area (Å²) in [6.45, 7) is 2.83. The molecular weight excluding hydrogens is 366 g/mol. The summed E-state index contributed by atoms with van der Waals surface area (Å²) in [6, 6.07) is 17.8. The van der Waals surface area contributed by atoms with Gasteiger partial charge in [-0.25, -0.2) is 4.98 Å². The van der Waals surface area contributed by atoms with Gasteiger partial charge in [0.05, 0.1) is 5.69 Å². The number of nitrogens with one attached hydrogen (secondary N) is 2. The first-order valence-corrected chi connectivity index (χ1v) is 9.67. The molecule has 2 aromatic carbocycles. The van der Waals surface area contributed by atoms with E-state index >= 15 is 0 Å². The Kier molecular flexibility index (Phi) is 5.76. The Morgan fingerprint density at radius 1 is 0.931 bits per heavy atom. The number of rotatable bonds is 7. The molecule has 7 heteroatoms. The number of benzene rings is 2. The van der Waals surface area contributed by atoms with Gasteiger partial charge in [-0.05, 0) is 26.2 Å². The van der Waals surface area contributed by atoms with E-state index in [-0.39, 0.29) is 0 Å². The van der Waals surface area contributed by atoms with E-state index in [1.807, 2.05) is 68.7 Å². The number of fused-ring (bicyclic) bond motifs is 1. The van der Waals surface area contributed by atoms with Crippen molar-refractivity contribution >= 4 is 17.5 Å². The standard InChI is InChI=1S/C22H25N5O2/c1-27(2)11-10-23-21-15-18(16-6-4-3-5-7-16)25-22(26-21)24-17-8-9-19-20(14-17)29-13-12-28-19/h3-9,14-15H,10-13H2,1-2H3,(H2,23,24,25,26). The number of hydrogen-bond donors (Lipinski definition) is 2. The van der Waals surface area contributed by atoms with Gasteiger partial charge in [0.15, 0.2) is 11.5 Å². The summed E-state index contributed by atoms with van der Waals surface area (Å²) < 4.78 is 11.3. The van der Waals surface area contributed by atoms with Gasteiger partial charge < -0.3 is 25.0 Å². The van der Waals surface area contributed by atoms with Crippen molar-refractivity contribution in [1.82, 2.24) is 14.9 Å². The van der Waals surface area contributed by atoms with E-state index in [9.17, 15) is 0 Å². The van der Waals surface area contributed by atoms with Crippen LogP contribution in [0.1, 0.15) is 0 Å². The zero-order valence-electron chi connectivity index (χ0n) is 16.7. The van der Waals surface area contributed by atoms with Crippen molar-refractivity contribution < 1.29 is 9.47 Å². The maximum Gasteiger partial charge on any atom is 0.229 e. The Labute approximate surface area is 170 Å². The molecule has 0 spiro atoms. The van der Waals surface area contributed by atoms with Crippen LogP contribution in [-0.2, 0) is 0 Å². The fourth-order valence-electron chi connectivity index (χ4n) is 3.01. The van der Waals surface area contributed by atoms with Crippen molar-refractivity contribution in [1.29, 1.82) is 0 Å². The largest absolute Gasteiger partial charge is 0.486 e. The molecular formula is C22H25N5O2. The lowest BCUT2D eigenvalue weighted by Gasteiger charge is -2.19. The summed E-state index contributed by atoms with van der Waals surface area (Å²) >= 11 is 0. The number of nitrogens with zero attached hydrogens (tertiary/aromatic N) is 3. The van der Waals surface area contributed by atoms with Gasteiger partial charge in [-0.15, -0.1) is 0 Å². The average Bonchev–Trinajstić information content (AvgIpc) is 2.74. The second-order valence-corrected chi connectivity index (χ2v) is 7.04. The average molecular weight is 391 g/mol. The molecule has 0 saturated heterocycles. The maximum absolute atomic E-state index is 5.67. The fourth-order valence-corrected chi connectivity index (χ4v) is 3.01. The summed E-state index contributed by atoms with van der Waals surface area (Å²) in [6.07, 6.45) is 0. The van der Waals surface area contributed by atoms with Gasteiger partial charge in [-0.3, -0.25) is 0 Å². The van der Waals surface area contributed by atoms with Crippen molar-refractivity contribution in [2.45, 2.75) is 0 Å². The Hall–Kier alpha value is -3.32. The zero-order chi connectivity index (χ0) is 20.1. The zero-order valence-corrected chi connectivity index (χ0v) is 16.7. The predicted molar refractivity (Wildman–Crippen MR) is 115 cm³/mol. The van der Waals surface area contributed by atoms with Crippen LogP contribution >= 0.6 is 0 Å². The molecule has 0 aliphatic carbocycles. The number of anilines is 3. The molecule has 0 saturated carbocycles. The number of hydrogen-bond acceptors (Lipinski definition) is 7. The Morgan fingerprint density at radius 2 is 1.72 bits per heavy atom. The van der Waals surface area contributed by atoms with Crippen LogP contribution in [0.2, 0.25) is 0 Å². The molecule has 0 amide bonds. The van der Waals surface area contributed by atoms with E-state index in [1.165, 1.54) is 0 Å². The molecule has 4 rings (SSSR count). The summed E-state index contributed by atoms with van der Waals surface area (Å²) in [5, 5.41) is 6.68. The summed E-state index contributed by atoms with van der Waals surface area (Å²) in [5.74, 6) is 2.78. The maximum atomic E-state index is 5.67. The van der Waals surface area contributed by atoms with Gasteiger partial charge in [0.25, 0.3) is 0 Å². The van der Waals surface area contributed by atoms with Gasteiger partial charge in [-0.2, -0.15) is 4.98 Å². The van der Waals surface area contributed by atoms with Crippen LogP contribution in [-0.4, -0.2) is 55.3 Å². The first-order chi connectivity index (χ1) is 14.2. The van der Waals surface area contributed by atoms with E-state index in [4.69, 9.17) is 14.5 Å². The van der Waals surface area contributed by atoms with Gasteiger partial charge in [-0.1, -0.05) is 30.3 Å². The fraction of sp³-hybridized carbons (Fsp3) is 0.273. The van der Waals surface area contributed by atoms with Gasteiger partial charge in [0.1, 0.15) is 19.0 Å². The SMILES string of the molecule is CN(C)CCNc1cc(-c2ccccc2)nc(Nc2ccc3c(c2)OCCO3)n1. The molecule has 0 bridgehead atoms. The molecule has 29 heavy (non-hydrogen) atoms. The summed E-state index contributed by atoms with van der Waals surface area (Å²) in [4.78, 5) is 11.5. The second kappa shape index (κ2) is 8.79. The molecule has 1 aliphatic rings. The van der Waals surface area contributed by atoms with E-state index in [1.54, 1.807) is 0 Å². The minimum absolute atomic E-state index is 0.524. The Balaban J connectivity index is 1.61. The van der Waals surface area contributed by atoms with Crippen LogP contribution in [0.5, 0.6) is 11.5 Å². The molecule has 0 unspecified atom stereocenters. The lowest BCUT2D eigenvalue weighted by atomic mass is 10.1. The Bertz CT molecular complexity index is 963. The third-order valence-electron chi connectivity index (χ3n) is 4.46. The lowest BCUT2D eigenvalue weighted by Crippen LogP contribution is -2.21. The lowest BCUT2D eigenvalue weighted by molar-refractivity contribution is 0.171. The van der Waals surface area contributed by atoms with Crippen molar-refractivity contribution in [3.8, 4) is 22.8 Å². The van der Waals surface area contributed by atoms with Crippen LogP contribution in [0.15, 0.2) is 54.6 Å². The van der Waals surface area contributed by atoms with E-state index in [0.717, 1.165) is 47.4 Å². The highest BCUT2D eigenvalue weighted by Crippen LogP contribution is 2.33. The highest BCUT2D eigenvalue weighted by atomic mass is 16.6. The molecule has 0 fully saturated rings. The van der Waals surface area contributed by atoms with Crippen LogP contribution in [0.4, 0.5) is 17.5 Å². The topological polar surface area (TPSA) is 71.5 Å². The van der Waals surface area contributed by atoms with Crippen LogP contribution in [0.3, 0.4) is 0 Å². The molecule has 1 aliphatic heterocycles. The molecule has 1 aromatic heterocycles. The Morgan fingerprint density at radius 3 is 2.52 bits per heavy atom. The van der Waals surface area contributed by atoms with Crippen LogP contribution in [0.25, 0.3) is 11.3 Å². The van der Waals surface area contributed by atoms with Gasteiger partial charge in [0, 0.05) is 36.5 Å². The third-order valence-corrected chi connectivity index (χ3v) is 4.46. The minimum Gasteiger partial charge on any atom is -0.486 e. The molecule has 0 radical (unpaired) electrons. The third kappa shape index (κ3) is 4.94. The summed E-state index contributed by atoms with van der Waals surface area (Å²) in [5.41, 5.74) is 2.74. The van der Waals surface area contributed by atoms with Crippen molar-refractivity contribution in [2.75, 3.05) is 51.0 Å². The van der Waals surface area contributed by atoms with Crippen LogP contribution < -0.4 is 20.1 Å². The molecule has 2 heterocycles. The highest BCUT2D eigenvalue weighted by molar-refractivity contribution is 5.67. The van der Waals surface area contributed by atoms with Crippen molar-refractivity contribution in [3.63, 3.8) is 0 Å². The van der Waals surface area contributed by atoms with Crippen LogP contribution in [0, 0.1) is 0 Å². The molecule has 7 nitrogen and oxygen atoms in total. The van der Waals surface area contributed by atoms with Gasteiger partial charge in [0.2, 0.25) is 5.95 Å².